The molecular weight excluding hydrogens is 154 g/mol. The van der Waals surface area contributed by atoms with Crippen LogP contribution >= 0.6 is 0 Å². The van der Waals surface area contributed by atoms with Gasteiger partial charge in [0.05, 0.1) is 19.1 Å². The number of methoxy groups -OCH3 is 1. The van der Waals surface area contributed by atoms with E-state index >= 15 is 0 Å². The lowest BCUT2D eigenvalue weighted by atomic mass is 10.0. The Kier molecular flexibility index (Phi) is 3.09. The van der Waals surface area contributed by atoms with Crippen LogP contribution in [-0.2, 0) is 9.53 Å². The number of nitrogens with zero attached hydrogens (tertiary/aromatic N) is 1. The lowest BCUT2D eigenvalue weighted by Crippen LogP contribution is -2.12. The first kappa shape index (κ1) is 9.05. The Bertz CT molecular complexity index is 207. The monoisotopic (exact) mass is 167 g/mol. The molecule has 12 heavy (non-hydrogen) atoms. The van der Waals surface area contributed by atoms with Crippen molar-refractivity contribution in [2.75, 3.05) is 7.11 Å². The fourth-order valence-electron chi connectivity index (χ4n) is 1.77. The Labute approximate surface area is 72.3 Å². The number of nitriles is 1. The molecule has 0 aliphatic heterocycles. The van der Waals surface area contributed by atoms with Crippen LogP contribution in [0.3, 0.4) is 0 Å². The molecule has 0 spiro atoms. The molecule has 3 heteroatoms. The van der Waals surface area contributed by atoms with Gasteiger partial charge >= 0.3 is 5.97 Å². The van der Waals surface area contributed by atoms with Gasteiger partial charge in [-0.15, -0.1) is 0 Å². The predicted molar refractivity (Wildman–Crippen MR) is 43.1 cm³/mol. The van der Waals surface area contributed by atoms with Crippen LogP contribution in [0.4, 0.5) is 0 Å². The Morgan fingerprint density at radius 2 is 2.42 bits per heavy atom. The summed E-state index contributed by atoms with van der Waals surface area (Å²) in [6.45, 7) is 0. The number of carbonyl (C=O) groups excluding carboxylic acids is 1. The van der Waals surface area contributed by atoms with Gasteiger partial charge in [0, 0.05) is 6.42 Å². The van der Waals surface area contributed by atoms with Gasteiger partial charge in [-0.2, -0.15) is 5.26 Å². The molecule has 3 nitrogen and oxygen atoms in total. The molecule has 0 aromatic carbocycles. The highest BCUT2D eigenvalue weighted by Gasteiger charge is 2.30. The summed E-state index contributed by atoms with van der Waals surface area (Å²) in [6.07, 6.45) is 3.29. The van der Waals surface area contributed by atoms with E-state index < -0.39 is 0 Å². The minimum absolute atomic E-state index is 0.0494. The van der Waals surface area contributed by atoms with Crippen molar-refractivity contribution < 1.29 is 9.53 Å². The highest BCUT2D eigenvalue weighted by molar-refractivity contribution is 5.72. The molecule has 0 aromatic rings. The molecule has 1 rings (SSSR count). The van der Waals surface area contributed by atoms with E-state index in [1.807, 2.05) is 0 Å². The van der Waals surface area contributed by atoms with Crippen molar-refractivity contribution in [3.63, 3.8) is 0 Å². The van der Waals surface area contributed by atoms with Gasteiger partial charge in [-0.3, -0.25) is 4.79 Å². The quantitative estimate of drug-likeness (QED) is 0.585. The molecule has 0 N–H and O–H groups in total. The zero-order chi connectivity index (χ0) is 8.97. The first-order valence-electron chi connectivity index (χ1n) is 4.22. The molecule has 2 unspecified atom stereocenters. The SMILES string of the molecule is COC(=O)C1CCC(CC#N)C1. The molecule has 0 heterocycles. The smallest absolute Gasteiger partial charge is 0.308 e. The highest BCUT2D eigenvalue weighted by Crippen LogP contribution is 2.33. The molecule has 1 saturated carbocycles. The van der Waals surface area contributed by atoms with Crippen LogP contribution < -0.4 is 0 Å². The van der Waals surface area contributed by atoms with Crippen LogP contribution in [0.25, 0.3) is 0 Å². The van der Waals surface area contributed by atoms with E-state index in [9.17, 15) is 4.79 Å². The van der Waals surface area contributed by atoms with Crippen LogP contribution in [-0.4, -0.2) is 13.1 Å². The fraction of sp³-hybridized carbons (Fsp3) is 0.778. The molecule has 0 aromatic heterocycles. The number of carbonyl (C=O) groups is 1. The summed E-state index contributed by atoms with van der Waals surface area (Å²) in [5, 5.41) is 8.44. The number of hydrogen-bond acceptors (Lipinski definition) is 3. The standard InChI is InChI=1S/C9H13NO2/c1-12-9(11)8-3-2-7(6-8)4-5-10/h7-8H,2-4,6H2,1H3. The molecule has 2 atom stereocenters. The van der Waals surface area contributed by atoms with Gasteiger partial charge in [-0.25, -0.2) is 0 Å². The molecule has 0 bridgehead atoms. The molecule has 1 fully saturated rings. The van der Waals surface area contributed by atoms with Crippen molar-refractivity contribution in [1.29, 1.82) is 5.26 Å². The summed E-state index contributed by atoms with van der Waals surface area (Å²) in [7, 11) is 1.42. The fourth-order valence-corrected chi connectivity index (χ4v) is 1.77. The molecule has 0 radical (unpaired) electrons. The predicted octanol–water partition coefficient (Wildman–Crippen LogP) is 1.49. The lowest BCUT2D eigenvalue weighted by molar-refractivity contribution is -0.145. The van der Waals surface area contributed by atoms with E-state index in [1.54, 1.807) is 0 Å². The third-order valence-corrected chi connectivity index (χ3v) is 2.46. The zero-order valence-electron chi connectivity index (χ0n) is 7.25. The van der Waals surface area contributed by atoms with Crippen LogP contribution in [0, 0.1) is 23.2 Å². The molecule has 0 saturated heterocycles. The summed E-state index contributed by atoms with van der Waals surface area (Å²) >= 11 is 0. The van der Waals surface area contributed by atoms with Gasteiger partial charge in [-0.1, -0.05) is 0 Å². The normalized spacial score (nSPS) is 28.0. The summed E-state index contributed by atoms with van der Waals surface area (Å²) in [5.41, 5.74) is 0. The number of hydrogen-bond donors (Lipinski definition) is 0. The van der Waals surface area contributed by atoms with Crippen molar-refractivity contribution in [3.05, 3.63) is 0 Å². The maximum Gasteiger partial charge on any atom is 0.308 e. The van der Waals surface area contributed by atoms with E-state index in [0.29, 0.717) is 12.3 Å². The van der Waals surface area contributed by atoms with Crippen molar-refractivity contribution in [3.8, 4) is 6.07 Å². The summed E-state index contributed by atoms with van der Waals surface area (Å²) < 4.78 is 4.64. The molecule has 1 aliphatic carbocycles. The second-order valence-electron chi connectivity index (χ2n) is 3.26. The molecule has 1 aliphatic rings. The van der Waals surface area contributed by atoms with Gasteiger partial charge in [0.25, 0.3) is 0 Å². The maximum absolute atomic E-state index is 11.1. The second-order valence-corrected chi connectivity index (χ2v) is 3.26. The number of rotatable bonds is 2. The summed E-state index contributed by atoms with van der Waals surface area (Å²) in [5.74, 6) is 0.350. The van der Waals surface area contributed by atoms with Gasteiger partial charge < -0.3 is 4.74 Å². The third-order valence-electron chi connectivity index (χ3n) is 2.46. The van der Waals surface area contributed by atoms with Crippen molar-refractivity contribution in [2.24, 2.45) is 11.8 Å². The average Bonchev–Trinajstić information content (AvgIpc) is 2.52. The minimum Gasteiger partial charge on any atom is -0.469 e. The van der Waals surface area contributed by atoms with Crippen molar-refractivity contribution >= 4 is 5.97 Å². The zero-order valence-corrected chi connectivity index (χ0v) is 7.25. The molecule has 0 amide bonds. The van der Waals surface area contributed by atoms with Gasteiger partial charge in [0.1, 0.15) is 0 Å². The van der Waals surface area contributed by atoms with Crippen molar-refractivity contribution in [1.82, 2.24) is 0 Å². The Morgan fingerprint density at radius 1 is 1.67 bits per heavy atom. The number of esters is 1. The Hall–Kier alpha value is -1.04. The maximum atomic E-state index is 11.1. The van der Waals surface area contributed by atoms with E-state index in [4.69, 9.17) is 5.26 Å². The average molecular weight is 167 g/mol. The first-order chi connectivity index (χ1) is 5.77. The topological polar surface area (TPSA) is 50.1 Å². The molecule has 66 valence electrons. The van der Waals surface area contributed by atoms with Crippen LogP contribution in [0.2, 0.25) is 0 Å². The van der Waals surface area contributed by atoms with Gasteiger partial charge in [-0.05, 0) is 25.2 Å². The Morgan fingerprint density at radius 3 is 3.00 bits per heavy atom. The third kappa shape index (κ3) is 1.97. The van der Waals surface area contributed by atoms with Crippen LogP contribution in [0.1, 0.15) is 25.7 Å². The largest absolute Gasteiger partial charge is 0.469 e. The second kappa shape index (κ2) is 4.10. The van der Waals surface area contributed by atoms with Gasteiger partial charge in [0.2, 0.25) is 0 Å². The number of ether oxygens (including phenoxy) is 1. The van der Waals surface area contributed by atoms with E-state index in [0.717, 1.165) is 19.3 Å². The summed E-state index contributed by atoms with van der Waals surface area (Å²) in [4.78, 5) is 11.1. The van der Waals surface area contributed by atoms with E-state index in [2.05, 4.69) is 10.8 Å². The Balaban J connectivity index is 2.36. The van der Waals surface area contributed by atoms with Crippen molar-refractivity contribution in [2.45, 2.75) is 25.7 Å². The van der Waals surface area contributed by atoms with Crippen LogP contribution in [0.5, 0.6) is 0 Å². The van der Waals surface area contributed by atoms with E-state index in [-0.39, 0.29) is 11.9 Å². The van der Waals surface area contributed by atoms with Crippen LogP contribution in [0.15, 0.2) is 0 Å². The molecular formula is C9H13NO2. The van der Waals surface area contributed by atoms with E-state index in [1.165, 1.54) is 7.11 Å². The van der Waals surface area contributed by atoms with Gasteiger partial charge in [0.15, 0.2) is 0 Å². The lowest BCUT2D eigenvalue weighted by Gasteiger charge is -2.05. The first-order valence-corrected chi connectivity index (χ1v) is 4.22. The highest BCUT2D eigenvalue weighted by atomic mass is 16.5. The summed E-state index contributed by atoms with van der Waals surface area (Å²) in [6, 6.07) is 2.14. The minimum atomic E-state index is -0.115.